The largest absolute Gasteiger partial charge is 0.494 e. The normalized spacial score (nSPS) is 24.0. The maximum absolute atomic E-state index is 13.0. The first-order chi connectivity index (χ1) is 13.7. The number of nitrogens with one attached hydrogen (secondary N) is 1. The molecule has 2 aliphatic heterocycles. The Morgan fingerprint density at radius 3 is 2.14 bits per heavy atom. The highest BCUT2D eigenvalue weighted by molar-refractivity contribution is 5.95. The molecule has 5 heteroatoms. The number of nitrogens with zero attached hydrogens (tertiary/aromatic N) is 1. The monoisotopic (exact) mass is 380 g/mol. The summed E-state index contributed by atoms with van der Waals surface area (Å²) in [5, 5.41) is 3.08. The second kappa shape index (κ2) is 8.23. The minimum atomic E-state index is 0.0270. The van der Waals surface area contributed by atoms with E-state index in [0.717, 1.165) is 19.4 Å². The van der Waals surface area contributed by atoms with Gasteiger partial charge in [0.25, 0.3) is 0 Å². The summed E-state index contributed by atoms with van der Waals surface area (Å²) in [5.41, 5.74) is 1.97. The fourth-order valence-corrected chi connectivity index (χ4v) is 4.74. The van der Waals surface area contributed by atoms with E-state index in [0.29, 0.717) is 29.3 Å². The van der Waals surface area contributed by atoms with Crippen molar-refractivity contribution in [3.63, 3.8) is 0 Å². The van der Waals surface area contributed by atoms with E-state index in [9.17, 15) is 4.79 Å². The van der Waals surface area contributed by atoms with E-state index in [1.165, 1.54) is 18.4 Å². The van der Waals surface area contributed by atoms with Gasteiger partial charge in [0.2, 0.25) is 5.91 Å². The molecule has 2 aromatic rings. The standard InChI is InChI=1S/C23H28N2O3/c1-27-20-9-6-10-21(28-2)22(20)24-23(26)17-13-18-11-12-19(14-17)25(18)15-16-7-4-3-5-8-16/h3-10,17-19H,11-15H2,1-2H3,(H,24,26). The number of ether oxygens (including phenoxy) is 2. The van der Waals surface area contributed by atoms with Crippen molar-refractivity contribution in [2.75, 3.05) is 19.5 Å². The summed E-state index contributed by atoms with van der Waals surface area (Å²) in [6, 6.07) is 17.1. The highest BCUT2D eigenvalue weighted by atomic mass is 16.5. The molecule has 2 aromatic carbocycles. The van der Waals surface area contributed by atoms with Gasteiger partial charge in [0.05, 0.1) is 14.2 Å². The lowest BCUT2D eigenvalue weighted by Crippen LogP contribution is -2.45. The van der Waals surface area contributed by atoms with Gasteiger partial charge in [0.1, 0.15) is 17.2 Å². The second-order valence-corrected chi connectivity index (χ2v) is 7.74. The van der Waals surface area contributed by atoms with Gasteiger partial charge in [-0.3, -0.25) is 9.69 Å². The number of anilines is 1. The van der Waals surface area contributed by atoms with Crippen molar-refractivity contribution in [1.82, 2.24) is 4.90 Å². The highest BCUT2D eigenvalue weighted by Gasteiger charge is 2.42. The Balaban J connectivity index is 1.44. The topological polar surface area (TPSA) is 50.8 Å². The number of piperidine rings is 1. The van der Waals surface area contributed by atoms with Crippen molar-refractivity contribution in [3.05, 3.63) is 54.1 Å². The van der Waals surface area contributed by atoms with Crippen LogP contribution in [0.15, 0.2) is 48.5 Å². The van der Waals surface area contributed by atoms with Crippen LogP contribution in [-0.4, -0.2) is 37.1 Å². The van der Waals surface area contributed by atoms with E-state index in [2.05, 4.69) is 40.5 Å². The van der Waals surface area contributed by atoms with E-state index in [1.807, 2.05) is 18.2 Å². The fraction of sp³-hybridized carbons (Fsp3) is 0.435. The summed E-state index contributed by atoms with van der Waals surface area (Å²) in [5.74, 6) is 1.34. The van der Waals surface area contributed by atoms with Crippen molar-refractivity contribution in [2.24, 2.45) is 5.92 Å². The maximum atomic E-state index is 13.0. The van der Waals surface area contributed by atoms with Crippen molar-refractivity contribution < 1.29 is 14.3 Å². The predicted octanol–water partition coefficient (Wildman–Crippen LogP) is 4.09. The maximum Gasteiger partial charge on any atom is 0.227 e. The van der Waals surface area contributed by atoms with Gasteiger partial charge in [0, 0.05) is 24.5 Å². The van der Waals surface area contributed by atoms with Gasteiger partial charge in [-0.05, 0) is 43.4 Å². The highest BCUT2D eigenvalue weighted by Crippen LogP contribution is 2.41. The van der Waals surface area contributed by atoms with Crippen LogP contribution in [0.25, 0.3) is 0 Å². The van der Waals surface area contributed by atoms with E-state index in [-0.39, 0.29) is 11.8 Å². The van der Waals surface area contributed by atoms with E-state index in [4.69, 9.17) is 9.47 Å². The number of hydrogen-bond acceptors (Lipinski definition) is 4. The lowest BCUT2D eigenvalue weighted by molar-refractivity contribution is -0.122. The number of para-hydroxylation sites is 1. The van der Waals surface area contributed by atoms with Crippen LogP contribution in [0, 0.1) is 5.92 Å². The average Bonchev–Trinajstić information content (AvgIpc) is 2.96. The first-order valence-electron chi connectivity index (χ1n) is 10.0. The third-order valence-corrected chi connectivity index (χ3v) is 6.14. The zero-order chi connectivity index (χ0) is 19.5. The molecule has 2 fully saturated rings. The predicted molar refractivity (Wildman–Crippen MR) is 110 cm³/mol. The molecule has 0 aliphatic carbocycles. The van der Waals surface area contributed by atoms with Crippen molar-refractivity contribution in [2.45, 2.75) is 44.3 Å². The minimum absolute atomic E-state index is 0.0270. The number of carbonyl (C=O) groups excluding carboxylic acids is 1. The number of fused-ring (bicyclic) bond motifs is 2. The number of rotatable bonds is 6. The number of carbonyl (C=O) groups is 1. The van der Waals surface area contributed by atoms with E-state index >= 15 is 0 Å². The molecule has 28 heavy (non-hydrogen) atoms. The number of benzene rings is 2. The lowest BCUT2D eigenvalue weighted by atomic mass is 9.89. The van der Waals surface area contributed by atoms with Crippen LogP contribution >= 0.6 is 0 Å². The molecule has 4 rings (SSSR count). The molecule has 0 spiro atoms. The summed E-state index contributed by atoms with van der Waals surface area (Å²) in [6.07, 6.45) is 4.18. The third kappa shape index (κ3) is 3.72. The molecule has 0 saturated carbocycles. The van der Waals surface area contributed by atoms with Gasteiger partial charge in [-0.15, -0.1) is 0 Å². The first-order valence-corrected chi connectivity index (χ1v) is 10.0. The summed E-state index contributed by atoms with van der Waals surface area (Å²) in [4.78, 5) is 15.6. The fourth-order valence-electron chi connectivity index (χ4n) is 4.74. The van der Waals surface area contributed by atoms with Crippen LogP contribution in [0.1, 0.15) is 31.2 Å². The van der Waals surface area contributed by atoms with Gasteiger partial charge in [-0.25, -0.2) is 0 Å². The quantitative estimate of drug-likeness (QED) is 0.820. The average molecular weight is 380 g/mol. The summed E-state index contributed by atoms with van der Waals surface area (Å²) in [6.45, 7) is 0.977. The van der Waals surface area contributed by atoms with E-state index in [1.54, 1.807) is 14.2 Å². The van der Waals surface area contributed by atoms with Crippen LogP contribution in [0.3, 0.4) is 0 Å². The molecule has 5 nitrogen and oxygen atoms in total. The molecule has 2 unspecified atom stereocenters. The summed E-state index contributed by atoms with van der Waals surface area (Å²) in [7, 11) is 3.21. The van der Waals surface area contributed by atoms with Crippen molar-refractivity contribution in [3.8, 4) is 11.5 Å². The Morgan fingerprint density at radius 2 is 1.57 bits per heavy atom. The lowest BCUT2D eigenvalue weighted by Gasteiger charge is -2.38. The minimum Gasteiger partial charge on any atom is -0.494 e. The first kappa shape index (κ1) is 18.8. The van der Waals surface area contributed by atoms with Crippen LogP contribution in [0.5, 0.6) is 11.5 Å². The molecule has 2 heterocycles. The summed E-state index contributed by atoms with van der Waals surface area (Å²) < 4.78 is 10.8. The summed E-state index contributed by atoms with van der Waals surface area (Å²) >= 11 is 0. The molecule has 2 atom stereocenters. The molecule has 148 valence electrons. The molecule has 2 aliphatic rings. The van der Waals surface area contributed by atoms with Crippen molar-refractivity contribution >= 4 is 11.6 Å². The molecule has 1 amide bonds. The van der Waals surface area contributed by atoms with Crippen LogP contribution in [0.2, 0.25) is 0 Å². The van der Waals surface area contributed by atoms with Crippen LogP contribution in [0.4, 0.5) is 5.69 Å². The third-order valence-electron chi connectivity index (χ3n) is 6.14. The van der Waals surface area contributed by atoms with Gasteiger partial charge in [-0.1, -0.05) is 36.4 Å². The molecule has 0 aromatic heterocycles. The molecule has 1 N–H and O–H groups in total. The SMILES string of the molecule is COc1cccc(OC)c1NC(=O)C1CC2CCC(C1)N2Cc1ccccc1. The molecule has 2 bridgehead atoms. The van der Waals surface area contributed by atoms with Crippen LogP contribution < -0.4 is 14.8 Å². The Morgan fingerprint density at radius 1 is 0.964 bits per heavy atom. The number of hydrogen-bond donors (Lipinski definition) is 1. The number of methoxy groups -OCH3 is 2. The Labute approximate surface area is 166 Å². The zero-order valence-electron chi connectivity index (χ0n) is 16.6. The number of amides is 1. The smallest absolute Gasteiger partial charge is 0.227 e. The Hall–Kier alpha value is -2.53. The second-order valence-electron chi connectivity index (χ2n) is 7.74. The molecule has 0 radical (unpaired) electrons. The molecular formula is C23H28N2O3. The van der Waals surface area contributed by atoms with Gasteiger partial charge < -0.3 is 14.8 Å². The van der Waals surface area contributed by atoms with Crippen molar-refractivity contribution in [1.29, 1.82) is 0 Å². The zero-order valence-corrected chi connectivity index (χ0v) is 16.6. The van der Waals surface area contributed by atoms with Crippen LogP contribution in [-0.2, 0) is 11.3 Å². The molecule has 2 saturated heterocycles. The van der Waals surface area contributed by atoms with Gasteiger partial charge >= 0.3 is 0 Å². The van der Waals surface area contributed by atoms with E-state index < -0.39 is 0 Å². The van der Waals surface area contributed by atoms with Gasteiger partial charge in [0.15, 0.2) is 0 Å². The Bertz CT molecular complexity index is 788. The Kier molecular flexibility index (Phi) is 5.53. The molecular weight excluding hydrogens is 352 g/mol. The van der Waals surface area contributed by atoms with Gasteiger partial charge in [-0.2, -0.15) is 0 Å².